The second-order valence-corrected chi connectivity index (χ2v) is 12.8. The van der Waals surface area contributed by atoms with E-state index in [0.29, 0.717) is 12.2 Å². The van der Waals surface area contributed by atoms with Crippen LogP contribution in [-0.4, -0.2) is 50.5 Å². The highest BCUT2D eigenvalue weighted by atomic mass is 79.9. The molecule has 0 saturated heterocycles. The van der Waals surface area contributed by atoms with Gasteiger partial charge >= 0.3 is 0 Å². The predicted molar refractivity (Wildman–Crippen MR) is 161 cm³/mol. The molecule has 0 unspecified atom stereocenters. The average molecular weight is 633 g/mol. The van der Waals surface area contributed by atoms with Crippen LogP contribution in [0.3, 0.4) is 0 Å². The van der Waals surface area contributed by atoms with Crippen LogP contribution in [0.5, 0.6) is 0 Å². The number of aryl methyl sites for hydroxylation is 1. The zero-order chi connectivity index (χ0) is 28.6. The molecule has 10 heteroatoms. The van der Waals surface area contributed by atoms with Crippen molar-refractivity contribution >= 4 is 55.2 Å². The fraction of sp³-hybridized carbons (Fsp3) is 0.310. The van der Waals surface area contributed by atoms with Gasteiger partial charge in [0.1, 0.15) is 12.6 Å². The molecule has 208 valence electrons. The highest BCUT2D eigenvalue weighted by Gasteiger charge is 2.32. The second-order valence-electron chi connectivity index (χ2n) is 9.14. The Balaban J connectivity index is 2.00. The van der Waals surface area contributed by atoms with E-state index in [-0.39, 0.29) is 17.3 Å². The first-order chi connectivity index (χ1) is 18.6. The van der Waals surface area contributed by atoms with Gasteiger partial charge in [-0.25, -0.2) is 8.42 Å². The van der Waals surface area contributed by atoms with Crippen molar-refractivity contribution in [3.05, 3.63) is 88.4 Å². The highest BCUT2D eigenvalue weighted by molar-refractivity contribution is 9.10. The molecule has 1 N–H and O–H groups in total. The van der Waals surface area contributed by atoms with Crippen LogP contribution in [0.15, 0.2) is 87.1 Å². The zero-order valence-electron chi connectivity index (χ0n) is 22.6. The van der Waals surface area contributed by atoms with Crippen LogP contribution in [0.2, 0.25) is 0 Å². The van der Waals surface area contributed by atoms with Gasteiger partial charge in [-0.05, 0) is 80.6 Å². The van der Waals surface area contributed by atoms with E-state index in [1.807, 2.05) is 44.4 Å². The van der Waals surface area contributed by atoms with Crippen molar-refractivity contribution in [3.63, 3.8) is 0 Å². The predicted octanol–water partition coefficient (Wildman–Crippen LogP) is 5.62. The third-order valence-corrected chi connectivity index (χ3v) is 9.29. The van der Waals surface area contributed by atoms with Crippen LogP contribution in [0.4, 0.5) is 5.69 Å². The minimum absolute atomic E-state index is 0.0851. The summed E-state index contributed by atoms with van der Waals surface area (Å²) in [4.78, 5) is 29.3. The number of thioether (sulfide) groups is 1. The van der Waals surface area contributed by atoms with E-state index < -0.39 is 28.5 Å². The van der Waals surface area contributed by atoms with Crippen molar-refractivity contribution in [3.8, 4) is 0 Å². The maximum Gasteiger partial charge on any atom is 0.264 e. The molecule has 0 aromatic heterocycles. The van der Waals surface area contributed by atoms with Gasteiger partial charge in [-0.2, -0.15) is 0 Å². The number of amides is 2. The summed E-state index contributed by atoms with van der Waals surface area (Å²) in [6.45, 7) is 5.69. The summed E-state index contributed by atoms with van der Waals surface area (Å²) in [5, 5.41) is 2.85. The summed E-state index contributed by atoms with van der Waals surface area (Å²) in [5.41, 5.74) is 2.15. The molecule has 1 atom stereocenters. The average Bonchev–Trinajstić information content (AvgIpc) is 2.94. The van der Waals surface area contributed by atoms with E-state index >= 15 is 0 Å². The second kappa shape index (κ2) is 14.0. The van der Waals surface area contributed by atoms with Crippen molar-refractivity contribution in [2.75, 3.05) is 23.7 Å². The molecule has 0 aliphatic rings. The van der Waals surface area contributed by atoms with Crippen LogP contribution in [0, 0.1) is 6.92 Å². The number of sulfonamides is 1. The Kier molecular flexibility index (Phi) is 11.0. The molecule has 0 bridgehead atoms. The lowest BCUT2D eigenvalue weighted by Crippen LogP contribution is -2.51. The fourth-order valence-corrected chi connectivity index (χ4v) is 5.97. The minimum Gasteiger partial charge on any atom is -0.354 e. The van der Waals surface area contributed by atoms with E-state index in [1.54, 1.807) is 55.5 Å². The van der Waals surface area contributed by atoms with Crippen LogP contribution >= 0.6 is 27.7 Å². The molecule has 0 aliphatic carbocycles. The van der Waals surface area contributed by atoms with Gasteiger partial charge in [-0.15, -0.1) is 11.8 Å². The van der Waals surface area contributed by atoms with E-state index in [1.165, 1.54) is 16.7 Å². The van der Waals surface area contributed by atoms with E-state index in [4.69, 9.17) is 0 Å². The Hall–Kier alpha value is -2.82. The number of nitrogens with one attached hydrogen (secondary N) is 1. The van der Waals surface area contributed by atoms with Gasteiger partial charge in [0.05, 0.1) is 10.6 Å². The van der Waals surface area contributed by atoms with Crippen molar-refractivity contribution < 1.29 is 18.0 Å². The van der Waals surface area contributed by atoms with E-state index in [9.17, 15) is 18.0 Å². The maximum atomic E-state index is 13.9. The Morgan fingerprint density at radius 1 is 0.974 bits per heavy atom. The fourth-order valence-electron chi connectivity index (χ4n) is 3.88. The lowest BCUT2D eigenvalue weighted by molar-refractivity contribution is -0.139. The first-order valence-electron chi connectivity index (χ1n) is 12.6. The molecule has 0 saturated carbocycles. The number of carbonyl (C=O) groups excluding carboxylic acids is 2. The summed E-state index contributed by atoms with van der Waals surface area (Å²) in [6, 6.07) is 20.2. The molecule has 7 nitrogen and oxygen atoms in total. The molecule has 2 amide bonds. The topological polar surface area (TPSA) is 86.8 Å². The Labute approximate surface area is 244 Å². The summed E-state index contributed by atoms with van der Waals surface area (Å²) < 4.78 is 29.8. The van der Waals surface area contributed by atoms with Crippen LogP contribution in [0.1, 0.15) is 31.4 Å². The minimum atomic E-state index is -4.09. The maximum absolute atomic E-state index is 13.9. The molecule has 3 aromatic carbocycles. The first kappa shape index (κ1) is 30.7. The van der Waals surface area contributed by atoms with E-state index in [2.05, 4.69) is 21.2 Å². The molecule has 0 aliphatic heterocycles. The molecule has 0 radical (unpaired) electrons. The standard InChI is InChI=1S/C29H34BrN3O4S2/c1-5-18-31-29(35)22(3)32(19-23-8-10-24(30)11-9-23)28(34)20-33(25-12-6-21(2)7-13-25)39(36,37)27-16-14-26(38-4)15-17-27/h6-17,22H,5,18-20H2,1-4H3,(H,31,35)/t22-/m1/s1. The Morgan fingerprint density at radius 3 is 2.15 bits per heavy atom. The van der Waals surface area contributed by atoms with Gasteiger partial charge in [0, 0.05) is 22.5 Å². The Bertz CT molecular complexity index is 1360. The number of nitrogens with zero attached hydrogens (tertiary/aromatic N) is 2. The number of hydrogen-bond acceptors (Lipinski definition) is 5. The molecule has 0 spiro atoms. The number of rotatable bonds is 12. The van der Waals surface area contributed by atoms with Gasteiger partial charge in [-0.3, -0.25) is 13.9 Å². The summed E-state index contributed by atoms with van der Waals surface area (Å²) in [7, 11) is -4.09. The lowest BCUT2D eigenvalue weighted by Gasteiger charge is -2.32. The largest absolute Gasteiger partial charge is 0.354 e. The third kappa shape index (κ3) is 8.09. The number of benzene rings is 3. The molecule has 39 heavy (non-hydrogen) atoms. The number of hydrogen-bond donors (Lipinski definition) is 1. The number of anilines is 1. The summed E-state index contributed by atoms with van der Waals surface area (Å²) >= 11 is 4.93. The molecular formula is C29H34BrN3O4S2. The van der Waals surface area contributed by atoms with Crippen molar-refractivity contribution in [1.29, 1.82) is 0 Å². The summed E-state index contributed by atoms with van der Waals surface area (Å²) in [5.74, 6) is -0.776. The van der Waals surface area contributed by atoms with Crippen LogP contribution < -0.4 is 9.62 Å². The molecule has 3 rings (SSSR count). The quantitative estimate of drug-likeness (QED) is 0.262. The highest BCUT2D eigenvalue weighted by Crippen LogP contribution is 2.26. The lowest BCUT2D eigenvalue weighted by atomic mass is 10.1. The summed E-state index contributed by atoms with van der Waals surface area (Å²) in [6.07, 6.45) is 2.67. The van der Waals surface area contributed by atoms with Gasteiger partial charge in [-0.1, -0.05) is 52.7 Å². The first-order valence-corrected chi connectivity index (χ1v) is 16.1. The number of halogens is 1. The molecular weight excluding hydrogens is 598 g/mol. The Morgan fingerprint density at radius 2 is 1.59 bits per heavy atom. The normalized spacial score (nSPS) is 12.0. The molecule has 0 heterocycles. The van der Waals surface area contributed by atoms with E-state index in [0.717, 1.165) is 31.2 Å². The van der Waals surface area contributed by atoms with Crippen LogP contribution in [0.25, 0.3) is 0 Å². The van der Waals surface area contributed by atoms with Crippen LogP contribution in [-0.2, 0) is 26.2 Å². The van der Waals surface area contributed by atoms with Gasteiger partial charge in [0.15, 0.2) is 0 Å². The SMILES string of the molecule is CCCNC(=O)[C@@H](C)N(Cc1ccc(Br)cc1)C(=O)CN(c1ccc(C)cc1)S(=O)(=O)c1ccc(SC)cc1. The monoisotopic (exact) mass is 631 g/mol. The van der Waals surface area contributed by atoms with Crippen molar-refractivity contribution in [2.45, 2.75) is 49.6 Å². The van der Waals surface area contributed by atoms with Crippen molar-refractivity contribution in [2.24, 2.45) is 0 Å². The van der Waals surface area contributed by atoms with Gasteiger partial charge in [0.25, 0.3) is 10.0 Å². The smallest absolute Gasteiger partial charge is 0.264 e. The molecule has 3 aromatic rings. The number of carbonyl (C=O) groups is 2. The van der Waals surface area contributed by atoms with Gasteiger partial charge in [0.2, 0.25) is 11.8 Å². The van der Waals surface area contributed by atoms with Crippen molar-refractivity contribution in [1.82, 2.24) is 10.2 Å². The zero-order valence-corrected chi connectivity index (χ0v) is 25.8. The molecule has 0 fully saturated rings. The van der Waals surface area contributed by atoms with Gasteiger partial charge < -0.3 is 10.2 Å². The third-order valence-electron chi connectivity index (χ3n) is 6.23.